The van der Waals surface area contributed by atoms with Gasteiger partial charge in [-0.2, -0.15) is 5.10 Å². The number of anilines is 1. The van der Waals surface area contributed by atoms with Gasteiger partial charge in [0.15, 0.2) is 0 Å². The number of rotatable bonds is 5. The third kappa shape index (κ3) is 3.07. The molecule has 1 aromatic carbocycles. The van der Waals surface area contributed by atoms with Crippen LogP contribution in [-0.4, -0.2) is 30.0 Å². The zero-order valence-electron chi connectivity index (χ0n) is 12.0. The van der Waals surface area contributed by atoms with Gasteiger partial charge in [-0.05, 0) is 48.5 Å². The molecule has 0 fully saturated rings. The van der Waals surface area contributed by atoms with Crippen LogP contribution >= 0.6 is 0 Å². The fraction of sp³-hybridized carbons (Fsp3) is 0.286. The summed E-state index contributed by atoms with van der Waals surface area (Å²) in [5.41, 5.74) is 3.13. The molecule has 2 heterocycles. The van der Waals surface area contributed by atoms with Crippen molar-refractivity contribution in [2.24, 2.45) is 0 Å². The molecule has 0 spiro atoms. The van der Waals surface area contributed by atoms with E-state index in [1.807, 2.05) is 35.1 Å². The lowest BCUT2D eigenvalue weighted by atomic mass is 10.2. The molecule has 3 rings (SSSR count). The molecule has 0 saturated heterocycles. The maximum Gasteiger partial charge on any atom is 0.143 e. The second kappa shape index (κ2) is 5.74. The topological polar surface area (TPSA) is 73.5 Å². The minimum Gasteiger partial charge on any atom is -0.381 e. The minimum absolute atomic E-state index is 0.384. The van der Waals surface area contributed by atoms with Gasteiger partial charge in [0.05, 0.1) is 11.9 Å². The molecule has 21 heavy (non-hydrogen) atoms. The van der Waals surface area contributed by atoms with Crippen LogP contribution in [0.3, 0.4) is 0 Å². The lowest BCUT2D eigenvalue weighted by Crippen LogP contribution is -2.01. The van der Waals surface area contributed by atoms with Crippen LogP contribution in [-0.2, 0) is 6.54 Å². The standard InChI is InChI=1S/C14H17N7/c1-11(2)20-9-12(8-17-20)7-15-13-3-5-14(6-4-13)21-10-16-18-19-21/h3-6,8-11,15H,7H2,1-2H3. The number of hydrogen-bond acceptors (Lipinski definition) is 5. The minimum atomic E-state index is 0.384. The normalized spacial score (nSPS) is 11.0. The van der Waals surface area contributed by atoms with Crippen LogP contribution in [0.4, 0.5) is 5.69 Å². The summed E-state index contributed by atoms with van der Waals surface area (Å²) in [7, 11) is 0. The SMILES string of the molecule is CC(C)n1cc(CNc2ccc(-n3cnnn3)cc2)cn1. The smallest absolute Gasteiger partial charge is 0.143 e. The van der Waals surface area contributed by atoms with Crippen LogP contribution in [0, 0.1) is 0 Å². The quantitative estimate of drug-likeness (QED) is 0.775. The third-order valence-electron chi connectivity index (χ3n) is 3.16. The van der Waals surface area contributed by atoms with Gasteiger partial charge < -0.3 is 5.32 Å². The number of hydrogen-bond donors (Lipinski definition) is 1. The molecule has 0 aliphatic heterocycles. The van der Waals surface area contributed by atoms with Crippen molar-refractivity contribution in [3.8, 4) is 5.69 Å². The zero-order chi connectivity index (χ0) is 14.7. The van der Waals surface area contributed by atoms with E-state index in [0.717, 1.165) is 23.5 Å². The van der Waals surface area contributed by atoms with Gasteiger partial charge in [0.2, 0.25) is 0 Å². The van der Waals surface area contributed by atoms with Crippen molar-refractivity contribution >= 4 is 5.69 Å². The van der Waals surface area contributed by atoms with Gasteiger partial charge in [-0.25, -0.2) is 4.68 Å². The predicted octanol–water partition coefficient (Wildman–Crippen LogP) is 2.05. The molecule has 108 valence electrons. The average Bonchev–Trinajstić information content (AvgIpc) is 3.17. The fourth-order valence-electron chi connectivity index (χ4n) is 1.97. The molecule has 1 N–H and O–H groups in total. The highest BCUT2D eigenvalue weighted by molar-refractivity contribution is 5.48. The first-order valence-electron chi connectivity index (χ1n) is 6.83. The summed E-state index contributed by atoms with van der Waals surface area (Å²) in [6, 6.07) is 8.33. The first-order chi connectivity index (χ1) is 10.2. The Hall–Kier alpha value is -2.70. The van der Waals surface area contributed by atoms with Crippen LogP contribution < -0.4 is 5.32 Å². The lowest BCUT2D eigenvalue weighted by molar-refractivity contribution is 0.532. The van der Waals surface area contributed by atoms with Gasteiger partial charge in [0.1, 0.15) is 6.33 Å². The molecule has 7 heteroatoms. The number of nitrogens with zero attached hydrogens (tertiary/aromatic N) is 6. The van der Waals surface area contributed by atoms with Crippen molar-refractivity contribution < 1.29 is 0 Å². The largest absolute Gasteiger partial charge is 0.381 e. The summed E-state index contributed by atoms with van der Waals surface area (Å²) < 4.78 is 3.58. The van der Waals surface area contributed by atoms with E-state index < -0.39 is 0 Å². The average molecular weight is 283 g/mol. The molecule has 0 unspecified atom stereocenters. The number of benzene rings is 1. The van der Waals surface area contributed by atoms with Crippen LogP contribution in [0.2, 0.25) is 0 Å². The van der Waals surface area contributed by atoms with E-state index in [4.69, 9.17) is 0 Å². The van der Waals surface area contributed by atoms with Crippen molar-refractivity contribution in [3.05, 3.63) is 48.5 Å². The monoisotopic (exact) mass is 283 g/mol. The van der Waals surface area contributed by atoms with E-state index in [2.05, 4.69) is 46.0 Å². The molecule has 2 aromatic heterocycles. The third-order valence-corrected chi connectivity index (χ3v) is 3.16. The summed E-state index contributed by atoms with van der Waals surface area (Å²) in [5.74, 6) is 0. The predicted molar refractivity (Wildman–Crippen MR) is 79.1 cm³/mol. The molecule has 0 saturated carbocycles. The van der Waals surface area contributed by atoms with Crippen molar-refractivity contribution in [3.63, 3.8) is 0 Å². The van der Waals surface area contributed by atoms with E-state index >= 15 is 0 Å². The number of tetrazole rings is 1. The van der Waals surface area contributed by atoms with E-state index in [1.165, 1.54) is 0 Å². The zero-order valence-corrected chi connectivity index (χ0v) is 12.0. The fourth-order valence-corrected chi connectivity index (χ4v) is 1.97. The Labute approximate surface area is 122 Å². The van der Waals surface area contributed by atoms with Gasteiger partial charge in [0, 0.05) is 30.0 Å². The van der Waals surface area contributed by atoms with Gasteiger partial charge in [-0.15, -0.1) is 5.10 Å². The van der Waals surface area contributed by atoms with Crippen molar-refractivity contribution in [1.82, 2.24) is 30.0 Å². The summed E-state index contributed by atoms with van der Waals surface area (Å²) in [5, 5.41) is 18.8. The Bertz CT molecular complexity index is 682. The Morgan fingerprint density at radius 1 is 1.19 bits per heavy atom. The first-order valence-corrected chi connectivity index (χ1v) is 6.83. The van der Waals surface area contributed by atoms with Crippen molar-refractivity contribution in [2.45, 2.75) is 26.4 Å². The summed E-state index contributed by atoms with van der Waals surface area (Å²) in [6.45, 7) is 4.97. The maximum absolute atomic E-state index is 4.33. The second-order valence-corrected chi connectivity index (χ2v) is 5.08. The van der Waals surface area contributed by atoms with Crippen molar-refractivity contribution in [1.29, 1.82) is 0 Å². The molecule has 0 amide bonds. The van der Waals surface area contributed by atoms with Gasteiger partial charge in [-0.3, -0.25) is 4.68 Å². The maximum atomic E-state index is 4.33. The highest BCUT2D eigenvalue weighted by Crippen LogP contribution is 2.13. The molecular weight excluding hydrogens is 266 g/mol. The molecule has 0 atom stereocenters. The van der Waals surface area contributed by atoms with E-state index in [9.17, 15) is 0 Å². The molecule has 0 aliphatic carbocycles. The summed E-state index contributed by atoms with van der Waals surface area (Å²) in [4.78, 5) is 0. The van der Waals surface area contributed by atoms with Gasteiger partial charge in [-0.1, -0.05) is 0 Å². The van der Waals surface area contributed by atoms with Crippen LogP contribution in [0.5, 0.6) is 0 Å². The number of aromatic nitrogens is 6. The molecule has 0 aliphatic rings. The lowest BCUT2D eigenvalue weighted by Gasteiger charge is -2.06. The van der Waals surface area contributed by atoms with E-state index in [-0.39, 0.29) is 0 Å². The Morgan fingerprint density at radius 2 is 2.00 bits per heavy atom. The Kier molecular flexibility index (Phi) is 3.63. The highest BCUT2D eigenvalue weighted by atomic mass is 15.5. The van der Waals surface area contributed by atoms with Crippen molar-refractivity contribution in [2.75, 3.05) is 5.32 Å². The van der Waals surface area contributed by atoms with Gasteiger partial charge in [0.25, 0.3) is 0 Å². The summed E-state index contributed by atoms with van der Waals surface area (Å²) in [6.07, 6.45) is 5.53. The molecule has 0 radical (unpaired) electrons. The van der Waals surface area contributed by atoms with Crippen LogP contribution in [0.15, 0.2) is 43.0 Å². The van der Waals surface area contributed by atoms with E-state index in [1.54, 1.807) is 11.0 Å². The van der Waals surface area contributed by atoms with Crippen LogP contribution in [0.25, 0.3) is 5.69 Å². The molecular formula is C14H17N7. The Balaban J connectivity index is 1.62. The second-order valence-electron chi connectivity index (χ2n) is 5.08. The highest BCUT2D eigenvalue weighted by Gasteiger charge is 2.02. The van der Waals surface area contributed by atoms with Gasteiger partial charge >= 0.3 is 0 Å². The molecule has 7 nitrogen and oxygen atoms in total. The Morgan fingerprint density at radius 3 is 2.62 bits per heavy atom. The number of nitrogens with one attached hydrogen (secondary N) is 1. The molecule has 0 bridgehead atoms. The van der Waals surface area contributed by atoms with Crippen LogP contribution in [0.1, 0.15) is 25.5 Å². The first kappa shape index (κ1) is 13.3. The summed E-state index contributed by atoms with van der Waals surface area (Å²) >= 11 is 0. The molecule has 3 aromatic rings. The van der Waals surface area contributed by atoms with E-state index in [0.29, 0.717) is 6.04 Å².